The molecule has 4 aromatic carbocycles. The molecule has 0 atom stereocenters. The Kier molecular flexibility index (Phi) is 9.08. The summed E-state index contributed by atoms with van der Waals surface area (Å²) in [7, 11) is 1.44. The highest BCUT2D eigenvalue weighted by Gasteiger charge is 2.37. The molecule has 1 aliphatic heterocycles. The van der Waals surface area contributed by atoms with Crippen molar-refractivity contribution in [3.63, 3.8) is 0 Å². The van der Waals surface area contributed by atoms with Crippen molar-refractivity contribution >= 4 is 57.1 Å². The number of hydrogen-bond acceptors (Lipinski definition) is 6. The van der Waals surface area contributed by atoms with E-state index in [1.807, 2.05) is 12.1 Å². The van der Waals surface area contributed by atoms with E-state index in [0.29, 0.717) is 44.5 Å². The molecule has 0 spiro atoms. The largest absolute Gasteiger partial charge is 0.493 e. The molecule has 8 nitrogen and oxygen atoms in total. The number of carbonyl (C=O) groups excluding carboxylic acids is 3. The number of nitrogens with one attached hydrogen (secondary N) is 1. The lowest BCUT2D eigenvalue weighted by atomic mass is 10.1. The zero-order valence-corrected chi connectivity index (χ0v) is 24.9. The second-order valence-corrected chi connectivity index (χ2v) is 10.6. The van der Waals surface area contributed by atoms with Crippen LogP contribution in [0.4, 0.5) is 14.9 Å². The molecule has 1 heterocycles. The molecule has 43 heavy (non-hydrogen) atoms. The molecule has 1 saturated heterocycles. The molecule has 0 saturated carbocycles. The van der Waals surface area contributed by atoms with Gasteiger partial charge in [-0.3, -0.25) is 14.9 Å². The Balaban J connectivity index is 1.34. The third-order valence-corrected chi connectivity index (χ3v) is 7.19. The maximum Gasteiger partial charge on any atom is 0.335 e. The number of barbiturate groups is 1. The number of amides is 4. The van der Waals surface area contributed by atoms with Gasteiger partial charge in [-0.05, 0) is 99.4 Å². The van der Waals surface area contributed by atoms with Gasteiger partial charge in [0.2, 0.25) is 0 Å². The van der Waals surface area contributed by atoms with Crippen LogP contribution in [-0.2, 0) is 22.8 Å². The molecule has 0 bridgehead atoms. The van der Waals surface area contributed by atoms with Crippen LogP contribution in [0.15, 0.2) is 95.0 Å². The van der Waals surface area contributed by atoms with E-state index in [9.17, 15) is 18.8 Å². The van der Waals surface area contributed by atoms with Crippen molar-refractivity contribution in [1.82, 2.24) is 5.32 Å². The minimum Gasteiger partial charge on any atom is -0.493 e. The number of urea groups is 1. The monoisotopic (exact) mass is 664 g/mol. The molecular formula is C32H23BrClFN2O6. The quantitative estimate of drug-likeness (QED) is 0.152. The molecule has 5 rings (SSSR count). The summed E-state index contributed by atoms with van der Waals surface area (Å²) in [5, 5.41) is 2.84. The number of methoxy groups -OCH3 is 1. The number of halogens is 3. The Labute approximate surface area is 259 Å². The summed E-state index contributed by atoms with van der Waals surface area (Å²) in [6, 6.07) is 21.9. The first-order chi connectivity index (χ1) is 20.7. The Bertz CT molecular complexity index is 1730. The molecule has 4 aromatic rings. The number of nitrogens with zero attached hydrogens (tertiary/aromatic N) is 1. The number of rotatable bonds is 9. The Morgan fingerprint density at radius 1 is 0.907 bits per heavy atom. The van der Waals surface area contributed by atoms with E-state index in [-0.39, 0.29) is 23.7 Å². The number of benzene rings is 4. The van der Waals surface area contributed by atoms with Crippen LogP contribution in [0, 0.1) is 5.82 Å². The molecule has 1 N–H and O–H groups in total. The lowest BCUT2D eigenvalue weighted by Gasteiger charge is -2.26. The summed E-state index contributed by atoms with van der Waals surface area (Å²) >= 11 is 9.36. The molecule has 0 unspecified atom stereocenters. The van der Waals surface area contributed by atoms with E-state index in [1.165, 1.54) is 25.3 Å². The molecule has 0 aromatic heterocycles. The fourth-order valence-electron chi connectivity index (χ4n) is 4.24. The van der Waals surface area contributed by atoms with Crippen LogP contribution < -0.4 is 24.4 Å². The molecular weight excluding hydrogens is 643 g/mol. The summed E-state index contributed by atoms with van der Waals surface area (Å²) in [6.45, 7) is 0.380. The van der Waals surface area contributed by atoms with Crippen LogP contribution in [0.1, 0.15) is 16.7 Å². The van der Waals surface area contributed by atoms with Crippen molar-refractivity contribution in [2.75, 3.05) is 12.0 Å². The van der Waals surface area contributed by atoms with Crippen molar-refractivity contribution in [1.29, 1.82) is 0 Å². The van der Waals surface area contributed by atoms with Crippen LogP contribution in [-0.4, -0.2) is 25.0 Å². The fourth-order valence-corrected chi connectivity index (χ4v) is 4.94. The van der Waals surface area contributed by atoms with Crippen molar-refractivity contribution in [2.45, 2.75) is 13.2 Å². The summed E-state index contributed by atoms with van der Waals surface area (Å²) in [5.41, 5.74) is 1.96. The lowest BCUT2D eigenvalue weighted by Crippen LogP contribution is -2.54. The number of imide groups is 2. The number of ether oxygens (including phenoxy) is 3. The highest BCUT2D eigenvalue weighted by Crippen LogP contribution is 2.38. The molecule has 0 aliphatic carbocycles. The normalized spacial score (nSPS) is 14.1. The van der Waals surface area contributed by atoms with Crippen LogP contribution in [0.5, 0.6) is 17.2 Å². The molecule has 4 amide bonds. The zero-order valence-electron chi connectivity index (χ0n) is 22.6. The maximum absolute atomic E-state index is 13.5. The first-order valence-electron chi connectivity index (χ1n) is 12.9. The predicted octanol–water partition coefficient (Wildman–Crippen LogP) is 7.07. The predicted molar refractivity (Wildman–Crippen MR) is 163 cm³/mol. The minimum absolute atomic E-state index is 0.0794. The van der Waals surface area contributed by atoms with E-state index in [0.717, 1.165) is 10.5 Å². The topological polar surface area (TPSA) is 94.2 Å². The van der Waals surface area contributed by atoms with Crippen molar-refractivity contribution < 1.29 is 33.0 Å². The van der Waals surface area contributed by atoms with E-state index < -0.39 is 17.8 Å². The average Bonchev–Trinajstić information content (AvgIpc) is 2.99. The molecule has 218 valence electrons. The fraction of sp³-hybridized carbons (Fsp3) is 0.0938. The van der Waals surface area contributed by atoms with Gasteiger partial charge in [-0.1, -0.05) is 35.9 Å². The van der Waals surface area contributed by atoms with Gasteiger partial charge in [0.1, 0.15) is 30.4 Å². The Hall–Kier alpha value is -4.67. The number of hydrogen-bond donors (Lipinski definition) is 1. The third-order valence-electron chi connectivity index (χ3n) is 6.35. The highest BCUT2D eigenvalue weighted by molar-refractivity contribution is 9.10. The molecule has 0 radical (unpaired) electrons. The molecule has 1 fully saturated rings. The van der Waals surface area contributed by atoms with E-state index in [4.69, 9.17) is 25.8 Å². The Morgan fingerprint density at radius 3 is 2.33 bits per heavy atom. The van der Waals surface area contributed by atoms with E-state index in [1.54, 1.807) is 60.7 Å². The van der Waals surface area contributed by atoms with Crippen molar-refractivity contribution in [2.24, 2.45) is 0 Å². The summed E-state index contributed by atoms with van der Waals surface area (Å²) in [4.78, 5) is 39.7. The summed E-state index contributed by atoms with van der Waals surface area (Å²) in [5.74, 6) is -0.838. The van der Waals surface area contributed by atoms with Gasteiger partial charge in [-0.25, -0.2) is 14.1 Å². The second-order valence-electron chi connectivity index (χ2n) is 9.32. The van der Waals surface area contributed by atoms with Gasteiger partial charge in [-0.2, -0.15) is 0 Å². The number of anilines is 1. The standard InChI is InChI=1S/C32H23BrClFN2O6/c1-41-28-16-21(15-27(33)29(28)43-18-20-3-2-4-23(35)13-20)14-26-30(38)36-32(40)37(31(26)39)24-9-11-25(12-10-24)42-17-19-5-7-22(34)8-6-19/h2-16H,17-18H2,1H3,(H,36,38,40)/b26-14+. The van der Waals surface area contributed by atoms with Gasteiger partial charge in [0.25, 0.3) is 11.8 Å². The smallest absolute Gasteiger partial charge is 0.335 e. The minimum atomic E-state index is -0.873. The van der Waals surface area contributed by atoms with E-state index in [2.05, 4.69) is 21.2 Å². The zero-order chi connectivity index (χ0) is 30.5. The molecule has 1 aliphatic rings. The summed E-state index contributed by atoms with van der Waals surface area (Å²) in [6.07, 6.45) is 1.35. The van der Waals surface area contributed by atoms with Crippen LogP contribution >= 0.6 is 27.5 Å². The number of carbonyl (C=O) groups is 3. The second kappa shape index (κ2) is 13.1. The average molecular weight is 666 g/mol. The van der Waals surface area contributed by atoms with Crippen molar-refractivity contribution in [3.05, 3.63) is 123 Å². The van der Waals surface area contributed by atoms with Crippen LogP contribution in [0.3, 0.4) is 0 Å². The first kappa shape index (κ1) is 29.8. The van der Waals surface area contributed by atoms with Gasteiger partial charge in [0.05, 0.1) is 17.3 Å². The van der Waals surface area contributed by atoms with Gasteiger partial charge >= 0.3 is 6.03 Å². The van der Waals surface area contributed by atoms with Gasteiger partial charge in [0.15, 0.2) is 11.5 Å². The lowest BCUT2D eigenvalue weighted by molar-refractivity contribution is -0.122. The van der Waals surface area contributed by atoms with Crippen molar-refractivity contribution in [3.8, 4) is 17.2 Å². The van der Waals surface area contributed by atoms with Crippen LogP contribution in [0.2, 0.25) is 5.02 Å². The highest BCUT2D eigenvalue weighted by atomic mass is 79.9. The third kappa shape index (κ3) is 7.04. The SMILES string of the molecule is COc1cc(/C=C2\C(=O)NC(=O)N(c3ccc(OCc4ccc(Cl)cc4)cc3)C2=O)cc(Br)c1OCc1cccc(F)c1. The Morgan fingerprint density at radius 2 is 1.63 bits per heavy atom. The van der Waals surface area contributed by atoms with Gasteiger partial charge < -0.3 is 14.2 Å². The first-order valence-corrected chi connectivity index (χ1v) is 14.0. The molecule has 11 heteroatoms. The van der Waals surface area contributed by atoms with Gasteiger partial charge in [0, 0.05) is 5.02 Å². The maximum atomic E-state index is 13.5. The van der Waals surface area contributed by atoms with E-state index >= 15 is 0 Å². The summed E-state index contributed by atoms with van der Waals surface area (Å²) < 4.78 is 31.1. The van der Waals surface area contributed by atoms with Crippen LogP contribution in [0.25, 0.3) is 6.08 Å². The van der Waals surface area contributed by atoms with Gasteiger partial charge in [-0.15, -0.1) is 0 Å².